The van der Waals surface area contributed by atoms with Gasteiger partial charge in [-0.3, -0.25) is 0 Å². The molecular weight excluding hydrogens is 241 g/mol. The van der Waals surface area contributed by atoms with Crippen LogP contribution >= 0.6 is 0 Å². The normalized spacial score (nSPS) is 28.7. The third kappa shape index (κ3) is 2.09. The lowest BCUT2D eigenvalue weighted by Crippen LogP contribution is -2.18. The van der Waals surface area contributed by atoms with Gasteiger partial charge in [-0.2, -0.15) is 5.26 Å². The van der Waals surface area contributed by atoms with Crippen molar-refractivity contribution in [3.63, 3.8) is 0 Å². The molecule has 0 saturated heterocycles. The second kappa shape index (κ2) is 4.64. The summed E-state index contributed by atoms with van der Waals surface area (Å²) in [6.07, 6.45) is 4.99. The third-order valence-electron chi connectivity index (χ3n) is 3.85. The van der Waals surface area contributed by atoms with Crippen molar-refractivity contribution in [2.45, 2.75) is 19.6 Å². The Hall–Kier alpha value is -1.92. The molecule has 0 N–H and O–H groups in total. The molecule has 1 aromatic carbocycles. The Balaban J connectivity index is 1.91. The Morgan fingerprint density at radius 2 is 2.26 bits per heavy atom. The highest BCUT2D eigenvalue weighted by molar-refractivity contribution is 5.41. The minimum atomic E-state index is -0.179. The summed E-state index contributed by atoms with van der Waals surface area (Å²) in [6.45, 7) is 2.53. The first kappa shape index (κ1) is 12.1. The number of halogens is 1. The number of rotatable bonds is 1. The topological polar surface area (TPSA) is 33.0 Å². The lowest BCUT2D eigenvalue weighted by Gasteiger charge is -2.27. The average Bonchev–Trinajstić information content (AvgIpc) is 2.81. The zero-order valence-electron chi connectivity index (χ0n) is 10.6. The molecule has 3 rings (SSSR count). The van der Waals surface area contributed by atoms with Gasteiger partial charge in [0.15, 0.2) is 0 Å². The fourth-order valence-electron chi connectivity index (χ4n) is 2.84. The summed E-state index contributed by atoms with van der Waals surface area (Å²) in [4.78, 5) is 0. The van der Waals surface area contributed by atoms with Gasteiger partial charge in [0.1, 0.15) is 5.83 Å². The molecule has 0 bridgehead atoms. The van der Waals surface area contributed by atoms with Gasteiger partial charge in [0, 0.05) is 5.92 Å². The molecule has 96 valence electrons. The summed E-state index contributed by atoms with van der Waals surface area (Å²) in [5, 5.41) is 8.90. The van der Waals surface area contributed by atoms with Crippen LogP contribution in [-0.4, -0.2) is 0 Å². The largest absolute Gasteiger partial charge is 0.368 e. The van der Waals surface area contributed by atoms with Crippen molar-refractivity contribution in [3.05, 3.63) is 58.9 Å². The molecule has 19 heavy (non-hydrogen) atoms. The maximum Gasteiger partial charge on any atom is 0.119 e. The standard InChI is InChI=1S/C16H14FNO/c1-10-6-13(17)3-5-14(10)16-15-4-2-11(8-18)7-12(15)9-19-16/h2-7,10,14,16H,9H2,1H3. The molecule has 2 nitrogen and oxygen atoms in total. The van der Waals surface area contributed by atoms with Crippen LogP contribution in [0.5, 0.6) is 0 Å². The van der Waals surface area contributed by atoms with Crippen LogP contribution in [0.2, 0.25) is 0 Å². The van der Waals surface area contributed by atoms with E-state index in [0.29, 0.717) is 12.2 Å². The van der Waals surface area contributed by atoms with Crippen LogP contribution in [0.25, 0.3) is 0 Å². The molecule has 0 fully saturated rings. The van der Waals surface area contributed by atoms with Gasteiger partial charge < -0.3 is 4.74 Å². The zero-order valence-corrected chi connectivity index (χ0v) is 10.6. The molecule has 3 unspecified atom stereocenters. The number of allylic oxidation sites excluding steroid dienone is 3. The van der Waals surface area contributed by atoms with E-state index in [-0.39, 0.29) is 23.8 Å². The highest BCUT2D eigenvalue weighted by Crippen LogP contribution is 2.42. The van der Waals surface area contributed by atoms with Crippen LogP contribution in [0.15, 0.2) is 42.3 Å². The van der Waals surface area contributed by atoms with Gasteiger partial charge >= 0.3 is 0 Å². The fourth-order valence-corrected chi connectivity index (χ4v) is 2.84. The number of hydrogen-bond acceptors (Lipinski definition) is 2. The van der Waals surface area contributed by atoms with Crippen molar-refractivity contribution in [2.75, 3.05) is 0 Å². The van der Waals surface area contributed by atoms with E-state index in [0.717, 1.165) is 11.1 Å². The number of nitrogens with zero attached hydrogens (tertiary/aromatic N) is 1. The number of ether oxygens (including phenoxy) is 1. The first-order valence-electron chi connectivity index (χ1n) is 6.39. The van der Waals surface area contributed by atoms with Crippen molar-refractivity contribution in [2.24, 2.45) is 11.8 Å². The minimum absolute atomic E-state index is 0.0432. The lowest BCUT2D eigenvalue weighted by atomic mass is 9.82. The van der Waals surface area contributed by atoms with Gasteiger partial charge in [-0.15, -0.1) is 0 Å². The van der Waals surface area contributed by atoms with Crippen LogP contribution in [0.4, 0.5) is 4.39 Å². The first-order valence-corrected chi connectivity index (χ1v) is 6.39. The van der Waals surface area contributed by atoms with E-state index in [1.54, 1.807) is 6.08 Å². The van der Waals surface area contributed by atoms with E-state index in [1.165, 1.54) is 6.08 Å². The van der Waals surface area contributed by atoms with E-state index in [2.05, 4.69) is 6.07 Å². The van der Waals surface area contributed by atoms with Crippen molar-refractivity contribution in [1.29, 1.82) is 5.26 Å². The highest BCUT2D eigenvalue weighted by Gasteiger charge is 2.33. The summed E-state index contributed by atoms with van der Waals surface area (Å²) in [5.41, 5.74) is 2.84. The first-order chi connectivity index (χ1) is 9.19. The monoisotopic (exact) mass is 255 g/mol. The van der Waals surface area contributed by atoms with Crippen LogP contribution in [0.1, 0.15) is 29.7 Å². The van der Waals surface area contributed by atoms with E-state index < -0.39 is 0 Å². The maximum atomic E-state index is 13.2. The second-order valence-corrected chi connectivity index (χ2v) is 5.10. The van der Waals surface area contributed by atoms with Crippen molar-refractivity contribution < 1.29 is 9.13 Å². The van der Waals surface area contributed by atoms with Crippen LogP contribution < -0.4 is 0 Å². The molecule has 0 aromatic heterocycles. The van der Waals surface area contributed by atoms with E-state index in [1.807, 2.05) is 31.2 Å². The van der Waals surface area contributed by atoms with E-state index >= 15 is 0 Å². The van der Waals surface area contributed by atoms with Gasteiger partial charge in [-0.25, -0.2) is 4.39 Å². The predicted octanol–water partition coefficient (Wildman–Crippen LogP) is 3.81. The third-order valence-corrected chi connectivity index (χ3v) is 3.85. The summed E-state index contributed by atoms with van der Waals surface area (Å²) in [5.74, 6) is 0.0760. The quantitative estimate of drug-likeness (QED) is 0.764. The molecule has 0 radical (unpaired) electrons. The number of nitriles is 1. The fraction of sp³-hybridized carbons (Fsp3) is 0.312. The Morgan fingerprint density at radius 1 is 1.42 bits per heavy atom. The van der Waals surface area contributed by atoms with Gasteiger partial charge in [0.2, 0.25) is 0 Å². The number of hydrogen-bond donors (Lipinski definition) is 0. The van der Waals surface area contributed by atoms with Gasteiger partial charge in [-0.1, -0.05) is 19.1 Å². The van der Waals surface area contributed by atoms with Crippen molar-refractivity contribution in [1.82, 2.24) is 0 Å². The summed E-state index contributed by atoms with van der Waals surface area (Å²) in [6, 6.07) is 7.79. The smallest absolute Gasteiger partial charge is 0.119 e. The van der Waals surface area contributed by atoms with Crippen LogP contribution in [0, 0.1) is 23.2 Å². The molecule has 1 aliphatic heterocycles. The molecule has 1 aromatic rings. The Labute approximate surface area is 111 Å². The highest BCUT2D eigenvalue weighted by atomic mass is 19.1. The average molecular weight is 255 g/mol. The Bertz CT molecular complexity index is 612. The summed E-state index contributed by atoms with van der Waals surface area (Å²) < 4.78 is 19.0. The molecule has 3 atom stereocenters. The van der Waals surface area contributed by atoms with Crippen LogP contribution in [-0.2, 0) is 11.3 Å². The number of benzene rings is 1. The van der Waals surface area contributed by atoms with Crippen molar-refractivity contribution in [3.8, 4) is 6.07 Å². The Morgan fingerprint density at radius 3 is 3.00 bits per heavy atom. The van der Waals surface area contributed by atoms with Gasteiger partial charge in [0.05, 0.1) is 24.3 Å². The molecule has 1 heterocycles. The second-order valence-electron chi connectivity index (χ2n) is 5.10. The summed E-state index contributed by atoms with van der Waals surface area (Å²) in [7, 11) is 0. The predicted molar refractivity (Wildman–Crippen MR) is 69.7 cm³/mol. The minimum Gasteiger partial charge on any atom is -0.368 e. The molecule has 3 heteroatoms. The van der Waals surface area contributed by atoms with E-state index in [9.17, 15) is 4.39 Å². The van der Waals surface area contributed by atoms with E-state index in [4.69, 9.17) is 10.00 Å². The Kier molecular flexibility index (Phi) is 2.96. The lowest BCUT2D eigenvalue weighted by molar-refractivity contribution is 0.0266. The van der Waals surface area contributed by atoms with Crippen molar-refractivity contribution >= 4 is 0 Å². The molecular formula is C16H14FNO. The molecule has 0 spiro atoms. The molecule has 2 aliphatic rings. The maximum absolute atomic E-state index is 13.2. The SMILES string of the molecule is CC1C=C(F)C=CC1C1OCc2cc(C#N)ccc21. The van der Waals surface area contributed by atoms with Gasteiger partial charge in [-0.05, 0) is 41.3 Å². The molecule has 1 aliphatic carbocycles. The zero-order chi connectivity index (χ0) is 13.4. The van der Waals surface area contributed by atoms with Gasteiger partial charge in [0.25, 0.3) is 0 Å². The molecule has 0 saturated carbocycles. The number of fused-ring (bicyclic) bond motifs is 1. The summed E-state index contributed by atoms with van der Waals surface area (Å²) >= 11 is 0. The molecule has 0 amide bonds. The van der Waals surface area contributed by atoms with Crippen LogP contribution in [0.3, 0.4) is 0 Å².